The number of rotatable bonds is 48. The summed E-state index contributed by atoms with van der Waals surface area (Å²) in [7, 11) is 1.44. The van der Waals surface area contributed by atoms with Crippen molar-refractivity contribution in [2.24, 2.45) is 0 Å². The van der Waals surface area contributed by atoms with Crippen molar-refractivity contribution >= 4 is 19.8 Å². The van der Waals surface area contributed by atoms with E-state index in [0.29, 0.717) is 23.9 Å². The van der Waals surface area contributed by atoms with Gasteiger partial charge in [0, 0.05) is 12.8 Å². The van der Waals surface area contributed by atoms with Gasteiger partial charge in [0.15, 0.2) is 6.10 Å². The Kier molecular flexibility index (Phi) is 47.8. The molecule has 0 amide bonds. The van der Waals surface area contributed by atoms with E-state index in [4.69, 9.17) is 18.5 Å². The van der Waals surface area contributed by atoms with Gasteiger partial charge in [-0.2, -0.15) is 0 Å². The first-order valence-electron chi connectivity index (χ1n) is 27.3. The normalized spacial score (nSPS) is 14.3. The van der Waals surface area contributed by atoms with E-state index in [2.05, 4.69) is 135 Å². The highest BCUT2D eigenvalue weighted by molar-refractivity contribution is 7.47. The fourth-order valence-corrected chi connectivity index (χ4v) is 7.57. The molecule has 0 aliphatic carbocycles. The molecule has 0 radical (unpaired) electrons. The predicted octanol–water partition coefficient (Wildman–Crippen LogP) is 16.8. The average molecular weight is 995 g/mol. The number of unbranched alkanes of at least 4 members (excludes halogenated alkanes) is 14. The molecule has 0 aliphatic heterocycles. The maximum atomic E-state index is 12.8. The van der Waals surface area contributed by atoms with Crippen molar-refractivity contribution in [2.45, 2.75) is 200 Å². The number of quaternary nitrogens is 1. The molecule has 70 heavy (non-hydrogen) atoms. The summed E-state index contributed by atoms with van der Waals surface area (Å²) in [6, 6.07) is 0. The molecule has 0 aromatic heterocycles. The van der Waals surface area contributed by atoms with E-state index in [1.807, 2.05) is 21.1 Å². The minimum atomic E-state index is -4.40. The van der Waals surface area contributed by atoms with Gasteiger partial charge in [0.05, 0.1) is 27.7 Å². The van der Waals surface area contributed by atoms with Crippen LogP contribution in [0.25, 0.3) is 0 Å². The number of ether oxygens (including phenoxy) is 2. The summed E-state index contributed by atoms with van der Waals surface area (Å²) >= 11 is 0. The van der Waals surface area contributed by atoms with Crippen LogP contribution in [0.1, 0.15) is 194 Å². The minimum absolute atomic E-state index is 0.0201. The highest BCUT2D eigenvalue weighted by Gasteiger charge is 2.27. The van der Waals surface area contributed by atoms with E-state index >= 15 is 0 Å². The minimum Gasteiger partial charge on any atom is -0.462 e. The zero-order valence-corrected chi connectivity index (χ0v) is 45.8. The SMILES string of the molecule is CC/C=C\C/C=C\C/C=C\C/C=C\C/C=C\C/C=C\C/C=C\CCCCCCCCCCCCCC(=O)OC(COC(=O)CCCCC/C=C\C/C=C\C/C=C\CC)COP(=O)(O)OCC[N+](C)(C)C. The lowest BCUT2D eigenvalue weighted by Gasteiger charge is -2.24. The molecule has 0 bridgehead atoms. The van der Waals surface area contributed by atoms with Crippen LogP contribution in [0.15, 0.2) is 122 Å². The van der Waals surface area contributed by atoms with Crippen LogP contribution in [-0.4, -0.2) is 74.9 Å². The molecule has 2 atom stereocenters. The fraction of sp³-hybridized carbons (Fsp3) is 0.633. The van der Waals surface area contributed by atoms with Crippen LogP contribution in [0.2, 0.25) is 0 Å². The first-order valence-corrected chi connectivity index (χ1v) is 28.8. The largest absolute Gasteiger partial charge is 0.472 e. The lowest BCUT2D eigenvalue weighted by molar-refractivity contribution is -0.870. The molecule has 10 heteroatoms. The van der Waals surface area contributed by atoms with Crippen LogP contribution in [0.3, 0.4) is 0 Å². The summed E-state index contributed by atoms with van der Waals surface area (Å²) in [4.78, 5) is 35.5. The van der Waals surface area contributed by atoms with E-state index in [-0.39, 0.29) is 26.1 Å². The fourth-order valence-electron chi connectivity index (χ4n) is 6.83. The Bertz CT molecular complexity index is 1590. The Morgan fingerprint density at radius 1 is 0.443 bits per heavy atom. The number of phosphoric acid groups is 1. The molecule has 0 saturated heterocycles. The number of likely N-dealkylation sites (N-methyl/N-ethyl adjacent to an activating group) is 1. The van der Waals surface area contributed by atoms with Crippen molar-refractivity contribution in [2.75, 3.05) is 47.5 Å². The number of carbonyl (C=O) groups excluding carboxylic acids is 2. The Labute approximate surface area is 428 Å². The van der Waals surface area contributed by atoms with E-state index in [9.17, 15) is 19.0 Å². The highest BCUT2D eigenvalue weighted by Crippen LogP contribution is 2.43. The van der Waals surface area contributed by atoms with Gasteiger partial charge in [0.2, 0.25) is 0 Å². The molecule has 0 aromatic rings. The number of hydrogen-bond acceptors (Lipinski definition) is 7. The third kappa shape index (κ3) is 53.8. The molecule has 0 rings (SSSR count). The van der Waals surface area contributed by atoms with Crippen molar-refractivity contribution in [1.82, 2.24) is 0 Å². The van der Waals surface area contributed by atoms with Gasteiger partial charge >= 0.3 is 19.8 Å². The topological polar surface area (TPSA) is 108 Å². The molecular formula is C60H101NO8P+. The summed E-state index contributed by atoms with van der Waals surface area (Å²) in [5.74, 6) is -0.845. The Morgan fingerprint density at radius 2 is 0.771 bits per heavy atom. The second-order valence-corrected chi connectivity index (χ2v) is 20.3. The quantitative estimate of drug-likeness (QED) is 0.0211. The summed E-state index contributed by atoms with van der Waals surface area (Å²) in [5.41, 5.74) is 0. The van der Waals surface area contributed by atoms with E-state index in [0.717, 1.165) is 109 Å². The van der Waals surface area contributed by atoms with E-state index in [1.54, 1.807) is 0 Å². The number of nitrogens with zero attached hydrogens (tertiary/aromatic N) is 1. The van der Waals surface area contributed by atoms with Crippen molar-refractivity contribution in [3.8, 4) is 0 Å². The Balaban J connectivity index is 4.16. The van der Waals surface area contributed by atoms with Gasteiger partial charge in [-0.15, -0.1) is 0 Å². The van der Waals surface area contributed by atoms with Crippen LogP contribution in [0.4, 0.5) is 0 Å². The molecular weight excluding hydrogens is 894 g/mol. The lowest BCUT2D eigenvalue weighted by atomic mass is 10.0. The predicted molar refractivity (Wildman–Crippen MR) is 297 cm³/mol. The number of phosphoric ester groups is 1. The molecule has 0 fully saturated rings. The van der Waals surface area contributed by atoms with Gasteiger partial charge in [0.1, 0.15) is 19.8 Å². The Morgan fingerprint density at radius 3 is 1.16 bits per heavy atom. The molecule has 1 N–H and O–H groups in total. The first kappa shape index (κ1) is 66.4. The van der Waals surface area contributed by atoms with Gasteiger partial charge in [-0.1, -0.05) is 200 Å². The standard InChI is InChI=1S/C60H100NO8P/c1-6-8-10-12-14-16-18-20-21-22-23-24-25-26-27-28-29-30-31-32-33-34-35-36-37-38-39-41-43-45-47-49-51-53-60(63)69-58(57-68-70(64,65)67-55-54-61(3,4)5)56-66-59(62)52-50-48-46-44-42-40-19-17-15-13-11-9-7-2/h8-11,14-17,20-21,23-24,26-27,29-30,32-33,40,42,58H,6-7,12-13,18-19,22,25,28,31,34-39,41,43-57H2,1-5H3/p+1/b10-8-,11-9-,16-14-,17-15-,21-20-,24-23-,27-26-,30-29-,33-32-,42-40-. The number of hydrogen-bond donors (Lipinski definition) is 1. The van der Waals surface area contributed by atoms with Crippen LogP contribution >= 0.6 is 7.82 Å². The maximum absolute atomic E-state index is 12.8. The van der Waals surface area contributed by atoms with E-state index < -0.39 is 32.5 Å². The zero-order chi connectivity index (χ0) is 51.3. The number of carbonyl (C=O) groups is 2. The zero-order valence-electron chi connectivity index (χ0n) is 45.0. The molecule has 0 heterocycles. The lowest BCUT2D eigenvalue weighted by Crippen LogP contribution is -2.37. The summed E-state index contributed by atoms with van der Waals surface area (Å²) < 4.78 is 34.4. The summed E-state index contributed by atoms with van der Waals surface area (Å²) in [6.07, 6.45) is 71.3. The Hall–Kier alpha value is -3.59. The molecule has 2 unspecified atom stereocenters. The summed E-state index contributed by atoms with van der Waals surface area (Å²) in [6.45, 7) is 4.14. The van der Waals surface area contributed by atoms with Crippen molar-refractivity contribution in [3.63, 3.8) is 0 Å². The molecule has 9 nitrogen and oxygen atoms in total. The van der Waals surface area contributed by atoms with Crippen LogP contribution < -0.4 is 0 Å². The molecule has 398 valence electrons. The van der Waals surface area contributed by atoms with Crippen molar-refractivity contribution in [3.05, 3.63) is 122 Å². The molecule has 0 spiro atoms. The van der Waals surface area contributed by atoms with Crippen LogP contribution in [0, 0.1) is 0 Å². The number of allylic oxidation sites excluding steroid dienone is 20. The van der Waals surface area contributed by atoms with Crippen molar-refractivity contribution < 1.29 is 42.1 Å². The van der Waals surface area contributed by atoms with Gasteiger partial charge in [-0.25, -0.2) is 4.57 Å². The monoisotopic (exact) mass is 995 g/mol. The number of esters is 2. The smallest absolute Gasteiger partial charge is 0.462 e. The molecule has 0 saturated carbocycles. The van der Waals surface area contributed by atoms with Gasteiger partial charge < -0.3 is 18.9 Å². The van der Waals surface area contributed by atoms with Crippen LogP contribution in [-0.2, 0) is 32.7 Å². The van der Waals surface area contributed by atoms with Gasteiger partial charge in [-0.05, 0) is 103 Å². The van der Waals surface area contributed by atoms with E-state index in [1.165, 1.54) is 44.9 Å². The molecule has 0 aliphatic rings. The average Bonchev–Trinajstić information content (AvgIpc) is 3.32. The van der Waals surface area contributed by atoms with Gasteiger partial charge in [-0.3, -0.25) is 18.6 Å². The highest BCUT2D eigenvalue weighted by atomic mass is 31.2. The first-order chi connectivity index (χ1) is 34.0. The van der Waals surface area contributed by atoms with Gasteiger partial charge in [0.25, 0.3) is 0 Å². The second kappa shape index (κ2) is 50.4. The van der Waals surface area contributed by atoms with Crippen molar-refractivity contribution in [1.29, 1.82) is 0 Å². The third-order valence-electron chi connectivity index (χ3n) is 11.0. The molecule has 0 aromatic carbocycles. The second-order valence-electron chi connectivity index (χ2n) is 18.8. The van der Waals surface area contributed by atoms with Crippen LogP contribution in [0.5, 0.6) is 0 Å². The maximum Gasteiger partial charge on any atom is 0.472 e. The summed E-state index contributed by atoms with van der Waals surface area (Å²) in [5, 5.41) is 0. The third-order valence-corrected chi connectivity index (χ3v) is 12.0.